The number of benzene rings is 2. The Labute approximate surface area is 178 Å². The summed E-state index contributed by atoms with van der Waals surface area (Å²) in [5.41, 5.74) is 1.87. The summed E-state index contributed by atoms with van der Waals surface area (Å²) in [5.74, 6) is 2.03. The molecule has 0 spiro atoms. The van der Waals surface area contributed by atoms with E-state index in [1.54, 1.807) is 55.1 Å². The van der Waals surface area contributed by atoms with Crippen LogP contribution in [0.4, 0.5) is 0 Å². The van der Waals surface area contributed by atoms with Crippen LogP contribution in [0.5, 0.6) is 17.4 Å². The fourth-order valence-corrected chi connectivity index (χ4v) is 3.03. The van der Waals surface area contributed by atoms with E-state index in [2.05, 4.69) is 20.6 Å². The molecular weight excluding hydrogens is 398 g/mol. The maximum atomic E-state index is 12.3. The molecule has 2 aromatic heterocycles. The van der Waals surface area contributed by atoms with Crippen LogP contribution in [0.1, 0.15) is 10.4 Å². The zero-order valence-electron chi connectivity index (χ0n) is 17.1. The highest BCUT2D eigenvalue weighted by molar-refractivity contribution is 5.94. The van der Waals surface area contributed by atoms with Crippen molar-refractivity contribution in [3.63, 3.8) is 0 Å². The molecule has 0 fully saturated rings. The number of fused-ring (bicyclic) bond motifs is 1. The largest absolute Gasteiger partial charge is 0.497 e. The zero-order valence-corrected chi connectivity index (χ0v) is 17.1. The van der Waals surface area contributed by atoms with E-state index < -0.39 is 0 Å². The average Bonchev–Trinajstić information content (AvgIpc) is 3.24. The number of para-hydroxylation sites is 1. The van der Waals surface area contributed by atoms with Crippen LogP contribution in [0.25, 0.3) is 17.0 Å². The molecule has 9 nitrogen and oxygen atoms in total. The molecule has 0 atom stereocenters. The minimum absolute atomic E-state index is 0.205. The number of ether oxygens (including phenoxy) is 3. The van der Waals surface area contributed by atoms with Crippen molar-refractivity contribution >= 4 is 11.6 Å². The molecule has 158 valence electrons. The van der Waals surface area contributed by atoms with E-state index in [0.717, 1.165) is 5.56 Å². The summed E-state index contributed by atoms with van der Waals surface area (Å²) < 4.78 is 17.9. The van der Waals surface area contributed by atoms with Gasteiger partial charge in [-0.15, -0.1) is 15.3 Å². The van der Waals surface area contributed by atoms with Crippen LogP contribution in [-0.2, 0) is 0 Å². The monoisotopic (exact) mass is 419 g/mol. The zero-order chi connectivity index (χ0) is 21.6. The molecule has 0 saturated carbocycles. The molecule has 0 bridgehead atoms. The fourth-order valence-electron chi connectivity index (χ4n) is 3.03. The van der Waals surface area contributed by atoms with Crippen molar-refractivity contribution in [1.82, 2.24) is 25.1 Å². The fraction of sp³-hybridized carbons (Fsp3) is 0.182. The van der Waals surface area contributed by atoms with Crippen LogP contribution in [0, 0.1) is 0 Å². The van der Waals surface area contributed by atoms with Gasteiger partial charge in [0.1, 0.15) is 18.1 Å². The van der Waals surface area contributed by atoms with Crippen molar-refractivity contribution in [2.24, 2.45) is 0 Å². The van der Waals surface area contributed by atoms with Crippen molar-refractivity contribution in [2.45, 2.75) is 0 Å². The summed E-state index contributed by atoms with van der Waals surface area (Å²) in [5, 5.41) is 15.7. The van der Waals surface area contributed by atoms with E-state index in [-0.39, 0.29) is 12.5 Å². The number of hydrogen-bond donors (Lipinski definition) is 1. The normalized spacial score (nSPS) is 10.6. The highest BCUT2D eigenvalue weighted by Crippen LogP contribution is 2.28. The van der Waals surface area contributed by atoms with Gasteiger partial charge in [-0.05, 0) is 36.4 Å². The highest BCUT2D eigenvalue weighted by atomic mass is 16.5. The minimum atomic E-state index is -0.205. The number of hydrogen-bond acceptors (Lipinski definition) is 7. The van der Waals surface area contributed by atoms with Crippen LogP contribution >= 0.6 is 0 Å². The van der Waals surface area contributed by atoms with Gasteiger partial charge in [-0.3, -0.25) is 4.79 Å². The molecule has 2 aromatic carbocycles. The summed E-state index contributed by atoms with van der Waals surface area (Å²) in [6.45, 7) is 0.567. The standard InChI is InChI=1S/C22H21N5O4/c1-29-16-7-5-6-15(14-16)22(28)23-12-13-31-20-11-10-19-24-25-21(27(19)26-20)17-8-3-4-9-18(17)30-2/h3-11,14H,12-13H2,1-2H3,(H,23,28). The molecule has 0 aliphatic rings. The Hall–Kier alpha value is -4.14. The van der Waals surface area contributed by atoms with Crippen LogP contribution in [0.3, 0.4) is 0 Å². The molecule has 1 N–H and O–H groups in total. The predicted molar refractivity (Wildman–Crippen MR) is 114 cm³/mol. The van der Waals surface area contributed by atoms with Gasteiger partial charge in [-0.1, -0.05) is 18.2 Å². The molecule has 0 radical (unpaired) electrons. The number of aromatic nitrogens is 4. The second-order valence-electron chi connectivity index (χ2n) is 6.50. The van der Waals surface area contributed by atoms with E-state index in [9.17, 15) is 4.79 Å². The number of methoxy groups -OCH3 is 2. The van der Waals surface area contributed by atoms with Gasteiger partial charge in [0, 0.05) is 11.6 Å². The quantitative estimate of drug-likeness (QED) is 0.438. The second kappa shape index (κ2) is 9.12. The van der Waals surface area contributed by atoms with E-state index in [1.165, 1.54) is 0 Å². The average molecular weight is 419 g/mol. The summed E-state index contributed by atoms with van der Waals surface area (Å²) in [7, 11) is 3.16. The van der Waals surface area contributed by atoms with Gasteiger partial charge in [0.15, 0.2) is 11.5 Å². The van der Waals surface area contributed by atoms with E-state index in [0.29, 0.717) is 41.0 Å². The first-order chi connectivity index (χ1) is 15.2. The summed E-state index contributed by atoms with van der Waals surface area (Å²) in [6.07, 6.45) is 0. The summed E-state index contributed by atoms with van der Waals surface area (Å²) in [4.78, 5) is 12.3. The highest BCUT2D eigenvalue weighted by Gasteiger charge is 2.14. The van der Waals surface area contributed by atoms with Crippen molar-refractivity contribution in [3.05, 3.63) is 66.2 Å². The van der Waals surface area contributed by atoms with Crippen LogP contribution in [-0.4, -0.2) is 53.1 Å². The maximum Gasteiger partial charge on any atom is 0.251 e. The Morgan fingerprint density at radius 2 is 1.87 bits per heavy atom. The van der Waals surface area contributed by atoms with Gasteiger partial charge in [-0.2, -0.15) is 4.52 Å². The van der Waals surface area contributed by atoms with E-state index in [1.807, 2.05) is 24.3 Å². The number of carbonyl (C=O) groups excluding carboxylic acids is 1. The lowest BCUT2D eigenvalue weighted by atomic mass is 10.2. The van der Waals surface area contributed by atoms with Crippen LogP contribution in [0.15, 0.2) is 60.7 Å². The molecule has 0 aliphatic carbocycles. The molecule has 31 heavy (non-hydrogen) atoms. The van der Waals surface area contributed by atoms with Crippen LogP contribution < -0.4 is 19.5 Å². The second-order valence-corrected chi connectivity index (χ2v) is 6.50. The van der Waals surface area contributed by atoms with Gasteiger partial charge >= 0.3 is 0 Å². The number of nitrogens with one attached hydrogen (secondary N) is 1. The Morgan fingerprint density at radius 3 is 2.71 bits per heavy atom. The van der Waals surface area contributed by atoms with Gasteiger partial charge in [0.05, 0.1) is 26.3 Å². The Balaban J connectivity index is 1.42. The molecule has 4 aromatic rings. The molecule has 0 aliphatic heterocycles. The van der Waals surface area contributed by atoms with Gasteiger partial charge in [0.2, 0.25) is 5.88 Å². The lowest BCUT2D eigenvalue weighted by Gasteiger charge is -2.09. The topological polar surface area (TPSA) is 99.9 Å². The molecule has 4 rings (SSSR count). The summed E-state index contributed by atoms with van der Waals surface area (Å²) in [6, 6.07) is 17.9. The van der Waals surface area contributed by atoms with E-state index >= 15 is 0 Å². The van der Waals surface area contributed by atoms with Gasteiger partial charge in [0.25, 0.3) is 5.91 Å². The van der Waals surface area contributed by atoms with Crippen molar-refractivity contribution in [2.75, 3.05) is 27.4 Å². The molecule has 0 saturated heterocycles. The number of carbonyl (C=O) groups is 1. The Kier molecular flexibility index (Phi) is 5.93. The lowest BCUT2D eigenvalue weighted by molar-refractivity contribution is 0.0946. The van der Waals surface area contributed by atoms with Gasteiger partial charge in [-0.25, -0.2) is 0 Å². The lowest BCUT2D eigenvalue weighted by Crippen LogP contribution is -2.28. The first-order valence-electron chi connectivity index (χ1n) is 9.60. The summed E-state index contributed by atoms with van der Waals surface area (Å²) >= 11 is 0. The third-order valence-corrected chi connectivity index (χ3v) is 4.56. The van der Waals surface area contributed by atoms with E-state index in [4.69, 9.17) is 14.2 Å². The van der Waals surface area contributed by atoms with Crippen molar-refractivity contribution in [3.8, 4) is 28.8 Å². The third kappa shape index (κ3) is 4.40. The number of amides is 1. The Bertz CT molecular complexity index is 1210. The predicted octanol–water partition coefficient (Wildman–Crippen LogP) is 2.62. The van der Waals surface area contributed by atoms with Gasteiger partial charge < -0.3 is 19.5 Å². The molecule has 2 heterocycles. The first-order valence-corrected chi connectivity index (χ1v) is 9.60. The number of rotatable bonds is 8. The smallest absolute Gasteiger partial charge is 0.251 e. The molecular formula is C22H21N5O4. The Morgan fingerprint density at radius 1 is 1.00 bits per heavy atom. The van der Waals surface area contributed by atoms with Crippen molar-refractivity contribution in [1.29, 1.82) is 0 Å². The number of nitrogens with zero attached hydrogens (tertiary/aromatic N) is 4. The SMILES string of the molecule is COc1cccc(C(=O)NCCOc2ccc3nnc(-c4ccccc4OC)n3n2)c1. The molecule has 9 heteroatoms. The first kappa shape index (κ1) is 20.1. The third-order valence-electron chi connectivity index (χ3n) is 4.56. The molecule has 0 unspecified atom stereocenters. The minimum Gasteiger partial charge on any atom is -0.497 e. The van der Waals surface area contributed by atoms with Crippen LogP contribution in [0.2, 0.25) is 0 Å². The van der Waals surface area contributed by atoms with Crippen molar-refractivity contribution < 1.29 is 19.0 Å². The molecule has 1 amide bonds. The maximum absolute atomic E-state index is 12.3.